The molecule has 0 saturated heterocycles. The number of fused-ring (bicyclic) bond motifs is 1. The number of ketones is 1. The molecule has 0 fully saturated rings. The van der Waals surface area contributed by atoms with Crippen LogP contribution in [0.25, 0.3) is 0 Å². The summed E-state index contributed by atoms with van der Waals surface area (Å²) < 4.78 is 5.58. The second-order valence-corrected chi connectivity index (χ2v) is 6.56. The number of nitrogens with zero attached hydrogens (tertiary/aromatic N) is 1. The third kappa shape index (κ3) is 3.51. The molecule has 4 nitrogen and oxygen atoms in total. The molecule has 2 aromatic carbocycles. The Labute approximate surface area is 153 Å². The first-order valence-electron chi connectivity index (χ1n) is 7.20. The Morgan fingerprint density at radius 3 is 2.33 bits per heavy atom. The fourth-order valence-corrected chi connectivity index (χ4v) is 3.20. The highest BCUT2D eigenvalue weighted by Gasteiger charge is 2.35. The zero-order valence-electron chi connectivity index (χ0n) is 12.4. The van der Waals surface area contributed by atoms with Crippen LogP contribution in [0.1, 0.15) is 16.8 Å². The van der Waals surface area contributed by atoms with Gasteiger partial charge in [-0.25, -0.2) is 0 Å². The number of amides is 1. The van der Waals surface area contributed by atoms with Gasteiger partial charge in [-0.05, 0) is 42.8 Å². The average molecular weight is 385 g/mol. The van der Waals surface area contributed by atoms with Crippen molar-refractivity contribution in [2.75, 3.05) is 18.1 Å². The largest absolute Gasteiger partial charge is 0.493 e. The molecule has 124 valence electrons. The number of halogens is 3. The Kier molecular flexibility index (Phi) is 4.99. The van der Waals surface area contributed by atoms with E-state index in [2.05, 4.69) is 0 Å². The Bertz CT molecular complexity index is 802. The van der Waals surface area contributed by atoms with Gasteiger partial charge < -0.3 is 9.64 Å². The van der Waals surface area contributed by atoms with Crippen molar-refractivity contribution in [2.24, 2.45) is 0 Å². The minimum absolute atomic E-state index is 0.343. The minimum Gasteiger partial charge on any atom is -0.493 e. The molecule has 0 spiro atoms. The van der Waals surface area contributed by atoms with Crippen LogP contribution < -0.4 is 9.64 Å². The second-order valence-electron chi connectivity index (χ2n) is 5.25. The van der Waals surface area contributed by atoms with Crippen molar-refractivity contribution in [3.8, 4) is 5.75 Å². The van der Waals surface area contributed by atoms with Crippen LogP contribution in [0, 0.1) is 0 Å². The van der Waals surface area contributed by atoms with Crippen molar-refractivity contribution < 1.29 is 14.3 Å². The van der Waals surface area contributed by atoms with Gasteiger partial charge in [-0.15, -0.1) is 0 Å². The lowest BCUT2D eigenvalue weighted by molar-refractivity contribution is -0.114. The van der Waals surface area contributed by atoms with Gasteiger partial charge in [0, 0.05) is 21.6 Å². The number of anilines is 1. The molecule has 3 rings (SSSR count). The molecule has 0 atom stereocenters. The second kappa shape index (κ2) is 7.01. The van der Waals surface area contributed by atoms with Crippen molar-refractivity contribution in [1.82, 2.24) is 0 Å². The molecule has 7 heteroatoms. The maximum Gasteiger partial charge on any atom is 0.299 e. The maximum absolute atomic E-state index is 12.1. The van der Waals surface area contributed by atoms with Crippen LogP contribution in [0.15, 0.2) is 36.4 Å². The molecule has 0 bridgehead atoms. The van der Waals surface area contributed by atoms with E-state index in [0.29, 0.717) is 51.6 Å². The first-order chi connectivity index (χ1) is 11.5. The van der Waals surface area contributed by atoms with Crippen LogP contribution in [0.4, 0.5) is 5.69 Å². The van der Waals surface area contributed by atoms with Gasteiger partial charge in [0.15, 0.2) is 0 Å². The summed E-state index contributed by atoms with van der Waals surface area (Å²) in [5.74, 6) is -0.517. The highest BCUT2D eigenvalue weighted by molar-refractivity contribution is 6.52. The lowest BCUT2D eigenvalue weighted by Crippen LogP contribution is -2.31. The SMILES string of the molecule is O=C1C(=O)N(CCCOc2cc(Cl)cc(Cl)c2)c2ccc(Cl)cc21. The average Bonchev–Trinajstić information content (AvgIpc) is 2.75. The minimum atomic E-state index is -0.543. The van der Waals surface area contributed by atoms with Gasteiger partial charge in [-0.2, -0.15) is 0 Å². The number of hydrogen-bond donors (Lipinski definition) is 0. The van der Waals surface area contributed by atoms with Crippen LogP contribution >= 0.6 is 34.8 Å². The normalized spacial score (nSPS) is 13.4. The quantitative estimate of drug-likeness (QED) is 0.557. The molecule has 0 aliphatic carbocycles. The summed E-state index contributed by atoms with van der Waals surface area (Å²) in [4.78, 5) is 25.5. The van der Waals surface area contributed by atoms with Gasteiger partial charge in [-0.1, -0.05) is 34.8 Å². The molecule has 1 amide bonds. The number of ether oxygens (including phenoxy) is 1. The molecule has 0 aromatic heterocycles. The van der Waals surface area contributed by atoms with E-state index in [1.54, 1.807) is 30.3 Å². The van der Waals surface area contributed by atoms with Crippen molar-refractivity contribution in [1.29, 1.82) is 0 Å². The number of carbonyl (C=O) groups is 2. The molecule has 1 aliphatic heterocycles. The first-order valence-corrected chi connectivity index (χ1v) is 8.34. The molecular formula is C17H12Cl3NO3. The maximum atomic E-state index is 12.1. The molecule has 1 aliphatic rings. The molecule has 0 N–H and O–H groups in total. The van der Waals surface area contributed by atoms with Crippen molar-refractivity contribution >= 4 is 52.2 Å². The van der Waals surface area contributed by atoms with E-state index < -0.39 is 11.7 Å². The summed E-state index contributed by atoms with van der Waals surface area (Å²) in [6.07, 6.45) is 0.547. The summed E-state index contributed by atoms with van der Waals surface area (Å²) in [5.41, 5.74) is 0.926. The molecular weight excluding hydrogens is 373 g/mol. The zero-order valence-corrected chi connectivity index (χ0v) is 14.7. The number of Topliss-reactive ketones (excluding diaryl/α,β-unsaturated/α-hetero) is 1. The third-order valence-corrected chi connectivity index (χ3v) is 4.24. The predicted molar refractivity (Wildman–Crippen MR) is 94.7 cm³/mol. The lowest BCUT2D eigenvalue weighted by Gasteiger charge is -2.16. The van der Waals surface area contributed by atoms with Crippen molar-refractivity contribution in [3.05, 3.63) is 57.0 Å². The highest BCUT2D eigenvalue weighted by atomic mass is 35.5. The lowest BCUT2D eigenvalue weighted by atomic mass is 10.1. The summed E-state index contributed by atoms with van der Waals surface area (Å²) in [6.45, 7) is 0.727. The Morgan fingerprint density at radius 2 is 1.62 bits per heavy atom. The van der Waals surface area contributed by atoms with Gasteiger partial charge in [-0.3, -0.25) is 9.59 Å². The van der Waals surface area contributed by atoms with Gasteiger partial charge in [0.2, 0.25) is 0 Å². The van der Waals surface area contributed by atoms with E-state index >= 15 is 0 Å². The fraction of sp³-hybridized carbons (Fsp3) is 0.176. The van der Waals surface area contributed by atoms with Crippen LogP contribution in [-0.2, 0) is 4.79 Å². The van der Waals surface area contributed by atoms with Gasteiger partial charge in [0.05, 0.1) is 17.9 Å². The monoisotopic (exact) mass is 383 g/mol. The predicted octanol–water partition coefficient (Wildman–Crippen LogP) is 4.65. The van der Waals surface area contributed by atoms with Crippen LogP contribution in [0.3, 0.4) is 0 Å². The molecule has 0 saturated carbocycles. The molecule has 2 aromatic rings. The van der Waals surface area contributed by atoms with E-state index in [1.807, 2.05) is 0 Å². The first kappa shape index (κ1) is 17.1. The summed E-state index contributed by atoms with van der Waals surface area (Å²) in [5, 5.41) is 1.41. The highest BCUT2D eigenvalue weighted by Crippen LogP contribution is 2.31. The fourth-order valence-electron chi connectivity index (χ4n) is 2.52. The summed E-state index contributed by atoms with van der Waals surface area (Å²) in [6, 6.07) is 9.79. The number of benzene rings is 2. The number of rotatable bonds is 5. The zero-order chi connectivity index (χ0) is 17.3. The van der Waals surface area contributed by atoms with Gasteiger partial charge in [0.1, 0.15) is 5.75 Å². The van der Waals surface area contributed by atoms with Crippen LogP contribution in [0.2, 0.25) is 15.1 Å². The smallest absolute Gasteiger partial charge is 0.299 e. The topological polar surface area (TPSA) is 46.6 Å². The standard InChI is InChI=1S/C17H12Cl3NO3/c18-10-2-3-15-14(9-10)16(22)17(23)21(15)4-1-5-24-13-7-11(19)6-12(20)8-13/h2-3,6-9H,1,4-5H2. The van der Waals surface area contributed by atoms with E-state index in [1.165, 1.54) is 11.0 Å². The molecule has 0 radical (unpaired) electrons. The summed E-state index contributed by atoms with van der Waals surface area (Å²) >= 11 is 17.7. The van der Waals surface area contributed by atoms with E-state index in [4.69, 9.17) is 39.5 Å². The Hall–Kier alpha value is -1.75. The number of carbonyl (C=O) groups excluding carboxylic acids is 2. The van der Waals surface area contributed by atoms with E-state index in [9.17, 15) is 9.59 Å². The van der Waals surface area contributed by atoms with E-state index in [-0.39, 0.29) is 0 Å². The third-order valence-electron chi connectivity index (χ3n) is 3.56. The van der Waals surface area contributed by atoms with E-state index in [0.717, 1.165) is 0 Å². The van der Waals surface area contributed by atoms with Gasteiger partial charge in [0.25, 0.3) is 11.7 Å². The van der Waals surface area contributed by atoms with Crippen molar-refractivity contribution in [2.45, 2.75) is 6.42 Å². The van der Waals surface area contributed by atoms with Crippen LogP contribution in [0.5, 0.6) is 5.75 Å². The summed E-state index contributed by atoms with van der Waals surface area (Å²) in [7, 11) is 0. The van der Waals surface area contributed by atoms with Crippen LogP contribution in [-0.4, -0.2) is 24.8 Å². The molecule has 1 heterocycles. The number of hydrogen-bond acceptors (Lipinski definition) is 3. The van der Waals surface area contributed by atoms with Crippen molar-refractivity contribution in [3.63, 3.8) is 0 Å². The Morgan fingerprint density at radius 1 is 0.917 bits per heavy atom. The molecule has 24 heavy (non-hydrogen) atoms. The molecule has 0 unspecified atom stereocenters. The Balaban J connectivity index is 1.61. The van der Waals surface area contributed by atoms with Gasteiger partial charge >= 0.3 is 0 Å².